The lowest BCUT2D eigenvalue weighted by Gasteiger charge is -2.25. The Hall–Kier alpha value is -3.44. The number of hydrogen-bond acceptors (Lipinski definition) is 19. The average Bonchev–Trinajstić information content (AvgIpc) is 3.72. The first-order chi connectivity index (χ1) is 21.3. The van der Waals surface area contributed by atoms with E-state index < -0.39 is 77.9 Å². The first kappa shape index (κ1) is 30.2. The molecule has 4 aromatic heterocycles. The Morgan fingerprint density at radius 3 is 2.04 bits per heavy atom. The monoisotopic (exact) mass is 673 g/mol. The topological polar surface area (TPSA) is 336 Å². The van der Waals surface area contributed by atoms with E-state index in [1.165, 1.54) is 21.8 Å². The van der Waals surface area contributed by atoms with Crippen LogP contribution in [0.3, 0.4) is 0 Å². The fourth-order valence-corrected chi connectivity index (χ4v) is 7.21. The molecule has 25 heteroatoms. The fourth-order valence-electron chi connectivity index (χ4n) is 5.31. The molecule has 0 spiro atoms. The van der Waals surface area contributed by atoms with Crippen molar-refractivity contribution in [1.29, 1.82) is 0 Å². The number of fused-ring (bicyclic) bond motifs is 5. The number of imidazole rings is 2. The Morgan fingerprint density at radius 1 is 0.733 bits per heavy atom. The number of hydrogen-bond donors (Lipinski definition) is 7. The van der Waals surface area contributed by atoms with Gasteiger partial charge in [0.15, 0.2) is 35.4 Å². The Morgan fingerprint density at radius 2 is 1.33 bits per heavy atom. The summed E-state index contributed by atoms with van der Waals surface area (Å²) in [6.45, 7) is -1.60. The maximum absolute atomic E-state index is 13.2. The molecule has 2 bridgehead atoms. The Labute approximate surface area is 250 Å². The Bertz CT molecular complexity index is 1880. The molecule has 242 valence electrons. The molecule has 0 radical (unpaired) electrons. The maximum atomic E-state index is 13.2. The number of phosphoric ester groups is 2. The van der Waals surface area contributed by atoms with E-state index in [0.29, 0.717) is 0 Å². The lowest BCUT2D eigenvalue weighted by atomic mass is 10.1. The van der Waals surface area contributed by atoms with Gasteiger partial charge in [0.25, 0.3) is 0 Å². The lowest BCUT2D eigenvalue weighted by molar-refractivity contribution is -0.0672. The number of aliphatic hydroxyl groups excluding tert-OH is 2. The fraction of sp³-hybridized carbons (Fsp3) is 0.500. The van der Waals surface area contributed by atoms with Crippen LogP contribution in [0, 0.1) is 0 Å². The molecule has 45 heavy (non-hydrogen) atoms. The summed E-state index contributed by atoms with van der Waals surface area (Å²) < 4.78 is 61.4. The predicted octanol–water partition coefficient (Wildman–Crippen LogP) is -2.05. The summed E-state index contributed by atoms with van der Waals surface area (Å²) in [6, 6.07) is 0. The molecular weight excluding hydrogens is 648 g/mol. The van der Waals surface area contributed by atoms with Gasteiger partial charge in [-0.2, -0.15) is 9.97 Å². The predicted molar refractivity (Wildman–Crippen MR) is 145 cm³/mol. The minimum absolute atomic E-state index is 0.0274. The van der Waals surface area contributed by atoms with Gasteiger partial charge in [0.2, 0.25) is 5.95 Å². The number of phosphoric acid groups is 2. The van der Waals surface area contributed by atoms with Crippen LogP contribution in [0.25, 0.3) is 22.3 Å². The zero-order chi connectivity index (χ0) is 31.8. The molecule has 0 amide bonds. The van der Waals surface area contributed by atoms with Crippen molar-refractivity contribution < 1.29 is 56.7 Å². The molecular formula is C20H25N11O12P2. The molecule has 10 N–H and O–H groups in total. The molecule has 4 unspecified atom stereocenters. The number of nitrogen functional groups attached to an aromatic ring is 3. The van der Waals surface area contributed by atoms with E-state index in [4.69, 9.17) is 44.8 Å². The molecule has 3 aliphatic heterocycles. The lowest BCUT2D eigenvalue weighted by Crippen LogP contribution is -2.36. The van der Waals surface area contributed by atoms with Crippen molar-refractivity contribution in [3.63, 3.8) is 0 Å². The number of anilines is 3. The van der Waals surface area contributed by atoms with Crippen LogP contribution in [-0.2, 0) is 36.7 Å². The molecule has 0 aromatic carbocycles. The Kier molecular flexibility index (Phi) is 7.27. The highest BCUT2D eigenvalue weighted by Gasteiger charge is 2.54. The second kappa shape index (κ2) is 10.8. The van der Waals surface area contributed by atoms with Gasteiger partial charge in [-0.05, 0) is 0 Å². The number of ether oxygens (including phenoxy) is 2. The second-order valence-electron chi connectivity index (χ2n) is 10.2. The summed E-state index contributed by atoms with van der Waals surface area (Å²) in [7, 11) is -10.1. The Balaban J connectivity index is 1.20. The van der Waals surface area contributed by atoms with Gasteiger partial charge in [0.05, 0.1) is 25.9 Å². The van der Waals surface area contributed by atoms with Crippen molar-refractivity contribution in [3.05, 3.63) is 19.0 Å². The van der Waals surface area contributed by atoms with Crippen LogP contribution >= 0.6 is 15.6 Å². The van der Waals surface area contributed by atoms with E-state index in [0.717, 1.165) is 6.33 Å². The van der Waals surface area contributed by atoms with Gasteiger partial charge in [-0.25, -0.2) is 29.1 Å². The smallest absolute Gasteiger partial charge is 0.387 e. The first-order valence-electron chi connectivity index (χ1n) is 13.0. The summed E-state index contributed by atoms with van der Waals surface area (Å²) in [5, 5.41) is 22.2. The van der Waals surface area contributed by atoms with Gasteiger partial charge in [0.1, 0.15) is 54.0 Å². The molecule has 23 nitrogen and oxygen atoms in total. The van der Waals surface area contributed by atoms with E-state index in [-0.39, 0.29) is 39.9 Å². The molecule has 0 aliphatic carbocycles. The third-order valence-corrected chi connectivity index (χ3v) is 9.31. The quantitative estimate of drug-likeness (QED) is 0.113. The largest absolute Gasteiger partial charge is 0.472 e. The number of nitrogens with zero attached hydrogens (tertiary/aromatic N) is 8. The summed E-state index contributed by atoms with van der Waals surface area (Å²) in [6.07, 6.45) is -8.84. The SMILES string of the molecule is Nc1nc(N)c2ncn([C@@H]3O[C@@H]4COP(=O)(O)O[C@@H]5C(O)[C@H](n6cnc7c(N)ncnc76)O[C@@H]5COP(=O)(O)OC3[C@H]4O)c2n1. The van der Waals surface area contributed by atoms with Crippen molar-refractivity contribution in [1.82, 2.24) is 39.0 Å². The van der Waals surface area contributed by atoms with Crippen LogP contribution in [0.5, 0.6) is 0 Å². The number of nitrogens with two attached hydrogens (primary N) is 3. The van der Waals surface area contributed by atoms with Crippen LogP contribution in [0.15, 0.2) is 19.0 Å². The molecule has 10 atom stereocenters. The van der Waals surface area contributed by atoms with Crippen LogP contribution in [0.1, 0.15) is 12.5 Å². The molecule has 4 aromatic rings. The van der Waals surface area contributed by atoms with Gasteiger partial charge in [-0.15, -0.1) is 0 Å². The zero-order valence-electron chi connectivity index (χ0n) is 22.5. The first-order valence-corrected chi connectivity index (χ1v) is 16.0. The highest BCUT2D eigenvalue weighted by atomic mass is 31.2. The third kappa shape index (κ3) is 5.31. The van der Waals surface area contributed by atoms with Crippen molar-refractivity contribution in [2.24, 2.45) is 0 Å². The van der Waals surface area contributed by atoms with Crippen molar-refractivity contribution in [2.45, 2.75) is 49.1 Å². The maximum Gasteiger partial charge on any atom is 0.472 e. The van der Waals surface area contributed by atoms with Gasteiger partial charge in [-0.1, -0.05) is 0 Å². The summed E-state index contributed by atoms with van der Waals surface area (Å²) in [4.78, 5) is 45.3. The minimum atomic E-state index is -5.08. The minimum Gasteiger partial charge on any atom is -0.387 e. The van der Waals surface area contributed by atoms with E-state index in [1.54, 1.807) is 0 Å². The van der Waals surface area contributed by atoms with Crippen molar-refractivity contribution >= 4 is 55.6 Å². The molecule has 7 heterocycles. The summed E-state index contributed by atoms with van der Waals surface area (Å²) >= 11 is 0. The van der Waals surface area contributed by atoms with Gasteiger partial charge in [-0.3, -0.25) is 27.2 Å². The van der Waals surface area contributed by atoms with E-state index in [9.17, 15) is 29.1 Å². The summed E-state index contributed by atoms with van der Waals surface area (Å²) in [5.41, 5.74) is 17.9. The molecule has 3 aliphatic rings. The van der Waals surface area contributed by atoms with Crippen LogP contribution in [0.2, 0.25) is 0 Å². The number of aromatic nitrogens is 8. The van der Waals surface area contributed by atoms with Crippen molar-refractivity contribution in [2.75, 3.05) is 30.4 Å². The molecule has 7 rings (SSSR count). The van der Waals surface area contributed by atoms with Crippen molar-refractivity contribution in [3.8, 4) is 0 Å². The average molecular weight is 673 g/mol. The number of rotatable bonds is 2. The molecule has 0 saturated carbocycles. The second-order valence-corrected chi connectivity index (χ2v) is 13.0. The zero-order valence-corrected chi connectivity index (χ0v) is 24.3. The molecule has 3 saturated heterocycles. The van der Waals surface area contributed by atoms with Crippen LogP contribution < -0.4 is 17.2 Å². The van der Waals surface area contributed by atoms with Gasteiger partial charge >= 0.3 is 15.6 Å². The van der Waals surface area contributed by atoms with Crippen LogP contribution in [-0.4, -0.2) is 109 Å². The van der Waals surface area contributed by atoms with E-state index in [2.05, 4.69) is 29.9 Å². The third-order valence-electron chi connectivity index (χ3n) is 7.34. The summed E-state index contributed by atoms with van der Waals surface area (Å²) in [5.74, 6) is -0.254. The van der Waals surface area contributed by atoms with Gasteiger partial charge < -0.3 is 46.7 Å². The molecule has 3 fully saturated rings. The standard InChI is InChI=1S/C20H25N11O12P2/c21-14-8-16(25-3-24-14)30(4-26-8)18-11(33)12-7(41-18)2-39-45(36,37)43-13-10(32)6(1-38-44(34,35)42-12)40-19(13)31-5-27-9-15(22)28-20(23)29-17(9)31/h3-7,10-13,18-19,32-33H,1-2H2,(H,34,35)(H,36,37)(H2,21,24,25)(H4,22,23,28,29)/t6-,7-,10+,11?,12+,13?,18-,19-/m1/s1. The number of aliphatic hydroxyl groups is 2. The highest BCUT2D eigenvalue weighted by molar-refractivity contribution is 7.47. The van der Waals surface area contributed by atoms with Crippen LogP contribution in [0.4, 0.5) is 17.6 Å². The van der Waals surface area contributed by atoms with Gasteiger partial charge in [0, 0.05) is 0 Å². The van der Waals surface area contributed by atoms with E-state index >= 15 is 0 Å². The van der Waals surface area contributed by atoms with E-state index in [1.807, 2.05) is 0 Å². The normalized spacial score (nSPS) is 37.7. The highest BCUT2D eigenvalue weighted by Crippen LogP contribution is 2.53.